The Balaban J connectivity index is 2.03. The van der Waals surface area contributed by atoms with E-state index in [9.17, 15) is 8.42 Å². The van der Waals surface area contributed by atoms with Gasteiger partial charge >= 0.3 is 0 Å². The fourth-order valence-electron chi connectivity index (χ4n) is 3.09. The zero-order chi connectivity index (χ0) is 10.2. The molecule has 0 aliphatic heterocycles. The lowest BCUT2D eigenvalue weighted by atomic mass is 9.71. The normalized spacial score (nSPS) is 39.1. The average molecular weight is 237 g/mol. The molecule has 0 heterocycles. The van der Waals surface area contributed by atoms with E-state index < -0.39 is 9.05 Å². The number of hydrogen-bond donors (Lipinski definition) is 0. The van der Waals surface area contributed by atoms with Crippen LogP contribution < -0.4 is 0 Å². The van der Waals surface area contributed by atoms with Crippen molar-refractivity contribution < 1.29 is 8.42 Å². The van der Waals surface area contributed by atoms with Crippen molar-refractivity contribution in [2.75, 3.05) is 0 Å². The van der Waals surface area contributed by atoms with Gasteiger partial charge in [0.25, 0.3) is 0 Å². The third-order valence-corrected chi connectivity index (χ3v) is 5.87. The minimum absolute atomic E-state index is 0.261. The predicted octanol–water partition coefficient (Wildman–Crippen LogP) is 2.91. The average Bonchev–Trinajstić information content (AvgIpc) is 2.16. The molecule has 0 saturated heterocycles. The predicted molar refractivity (Wildman–Crippen MR) is 57.9 cm³/mol. The van der Waals surface area contributed by atoms with Gasteiger partial charge in [-0.3, -0.25) is 0 Å². The van der Waals surface area contributed by atoms with Gasteiger partial charge < -0.3 is 0 Å². The molecule has 14 heavy (non-hydrogen) atoms. The molecule has 3 atom stereocenters. The first kappa shape index (κ1) is 10.7. The van der Waals surface area contributed by atoms with Crippen LogP contribution in [-0.2, 0) is 9.05 Å². The molecule has 0 unspecified atom stereocenters. The van der Waals surface area contributed by atoms with Gasteiger partial charge in [-0.15, -0.1) is 0 Å². The summed E-state index contributed by atoms with van der Waals surface area (Å²) < 4.78 is 22.5. The summed E-state index contributed by atoms with van der Waals surface area (Å²) >= 11 is 0. The van der Waals surface area contributed by atoms with Crippen molar-refractivity contribution in [2.24, 2.45) is 11.8 Å². The molecule has 2 aliphatic rings. The molecule has 2 rings (SSSR count). The molecule has 2 nitrogen and oxygen atoms in total. The molecule has 0 radical (unpaired) electrons. The maximum atomic E-state index is 11.2. The first-order valence-electron chi connectivity index (χ1n) is 5.51. The standard InChI is InChI=1S/C10H17ClO2S/c11-14(12,13)10-6-5-8-3-1-2-4-9(8)7-10/h8-10H,1-7H2/t8-,9-,10+/m1/s1. The van der Waals surface area contributed by atoms with Crippen LogP contribution in [0, 0.1) is 11.8 Å². The highest BCUT2D eigenvalue weighted by molar-refractivity contribution is 8.14. The second-order valence-electron chi connectivity index (χ2n) is 4.72. The van der Waals surface area contributed by atoms with Crippen molar-refractivity contribution in [1.82, 2.24) is 0 Å². The number of rotatable bonds is 1. The number of hydrogen-bond acceptors (Lipinski definition) is 2. The Morgan fingerprint density at radius 1 is 0.929 bits per heavy atom. The highest BCUT2D eigenvalue weighted by atomic mass is 35.7. The second-order valence-corrected chi connectivity index (χ2v) is 7.62. The van der Waals surface area contributed by atoms with Gasteiger partial charge in [0.1, 0.15) is 0 Å². The molecule has 2 aliphatic carbocycles. The largest absolute Gasteiger partial charge is 0.235 e. The van der Waals surface area contributed by atoms with Gasteiger partial charge in [0, 0.05) is 10.7 Å². The molecule has 4 heteroatoms. The molecule has 0 spiro atoms. The van der Waals surface area contributed by atoms with Crippen LogP contribution in [0.3, 0.4) is 0 Å². The molecule has 0 amide bonds. The highest BCUT2D eigenvalue weighted by Crippen LogP contribution is 2.42. The zero-order valence-corrected chi connectivity index (χ0v) is 9.86. The Morgan fingerprint density at radius 3 is 2.21 bits per heavy atom. The van der Waals surface area contributed by atoms with E-state index in [4.69, 9.17) is 10.7 Å². The summed E-state index contributed by atoms with van der Waals surface area (Å²) in [5.41, 5.74) is 0. The zero-order valence-electron chi connectivity index (χ0n) is 8.28. The molecule has 0 aromatic heterocycles. The highest BCUT2D eigenvalue weighted by Gasteiger charge is 2.36. The van der Waals surface area contributed by atoms with Crippen molar-refractivity contribution in [1.29, 1.82) is 0 Å². The fraction of sp³-hybridized carbons (Fsp3) is 1.00. The first-order chi connectivity index (χ1) is 6.57. The topological polar surface area (TPSA) is 34.1 Å². The summed E-state index contributed by atoms with van der Waals surface area (Å²) in [6.45, 7) is 0. The van der Waals surface area contributed by atoms with E-state index >= 15 is 0 Å². The monoisotopic (exact) mass is 236 g/mol. The van der Waals surface area contributed by atoms with Gasteiger partial charge in [-0.1, -0.05) is 25.7 Å². The Morgan fingerprint density at radius 2 is 1.57 bits per heavy atom. The van der Waals surface area contributed by atoms with E-state index in [1.807, 2.05) is 0 Å². The van der Waals surface area contributed by atoms with Crippen molar-refractivity contribution >= 4 is 19.7 Å². The minimum Gasteiger partial charge on any atom is -0.212 e. The second kappa shape index (κ2) is 4.01. The van der Waals surface area contributed by atoms with Crippen LogP contribution in [0.4, 0.5) is 0 Å². The summed E-state index contributed by atoms with van der Waals surface area (Å²) in [6.07, 6.45) is 7.80. The van der Waals surface area contributed by atoms with Gasteiger partial charge in [-0.2, -0.15) is 0 Å². The van der Waals surface area contributed by atoms with Crippen LogP contribution in [0.5, 0.6) is 0 Å². The van der Waals surface area contributed by atoms with Crippen LogP contribution in [0.1, 0.15) is 44.9 Å². The van der Waals surface area contributed by atoms with E-state index in [1.54, 1.807) is 0 Å². The Labute approximate surface area is 90.4 Å². The van der Waals surface area contributed by atoms with Gasteiger partial charge in [-0.25, -0.2) is 8.42 Å². The maximum Gasteiger partial charge on any atom is 0.235 e. The van der Waals surface area contributed by atoms with Crippen LogP contribution in [0.2, 0.25) is 0 Å². The smallest absolute Gasteiger partial charge is 0.212 e. The Bertz CT molecular complexity index is 299. The van der Waals surface area contributed by atoms with E-state index in [2.05, 4.69) is 0 Å². The van der Waals surface area contributed by atoms with Crippen LogP contribution in [0.25, 0.3) is 0 Å². The van der Waals surface area contributed by atoms with Crippen molar-refractivity contribution in [3.8, 4) is 0 Å². The van der Waals surface area contributed by atoms with Crippen LogP contribution >= 0.6 is 10.7 Å². The third kappa shape index (κ3) is 2.25. The fourth-order valence-corrected chi connectivity index (χ4v) is 4.47. The molecule has 2 fully saturated rings. The summed E-state index contributed by atoms with van der Waals surface area (Å²) in [4.78, 5) is 0. The molecule has 0 aromatic carbocycles. The molecule has 82 valence electrons. The SMILES string of the molecule is O=S(=O)(Cl)[C@H]1CC[C@H]2CCCC[C@@H]2C1. The van der Waals surface area contributed by atoms with Gasteiger partial charge in [0.15, 0.2) is 0 Å². The summed E-state index contributed by atoms with van der Waals surface area (Å²) in [6, 6.07) is 0. The molecule has 0 aromatic rings. The van der Waals surface area contributed by atoms with Gasteiger partial charge in [-0.05, 0) is 31.1 Å². The number of fused-ring (bicyclic) bond motifs is 1. The first-order valence-corrected chi connectivity index (χ1v) is 7.88. The van der Waals surface area contributed by atoms with Crippen molar-refractivity contribution in [3.63, 3.8) is 0 Å². The van der Waals surface area contributed by atoms with Gasteiger partial charge in [0.05, 0.1) is 5.25 Å². The molecule has 0 bridgehead atoms. The molecule has 2 saturated carbocycles. The van der Waals surface area contributed by atoms with Crippen LogP contribution in [-0.4, -0.2) is 13.7 Å². The van der Waals surface area contributed by atoms with E-state index in [-0.39, 0.29) is 5.25 Å². The molecular formula is C10H17ClO2S. The lowest BCUT2D eigenvalue weighted by molar-refractivity contribution is 0.173. The maximum absolute atomic E-state index is 11.2. The van der Waals surface area contributed by atoms with E-state index in [0.717, 1.165) is 25.2 Å². The Kier molecular flexibility index (Phi) is 3.08. The summed E-state index contributed by atoms with van der Waals surface area (Å²) in [5.74, 6) is 1.43. The van der Waals surface area contributed by atoms with Gasteiger partial charge in [0.2, 0.25) is 9.05 Å². The molecular weight excluding hydrogens is 220 g/mol. The van der Waals surface area contributed by atoms with Crippen molar-refractivity contribution in [2.45, 2.75) is 50.2 Å². The van der Waals surface area contributed by atoms with Crippen LogP contribution in [0.15, 0.2) is 0 Å². The lowest BCUT2D eigenvalue weighted by Gasteiger charge is -2.38. The minimum atomic E-state index is -3.30. The third-order valence-electron chi connectivity index (χ3n) is 3.89. The number of halogens is 1. The summed E-state index contributed by atoms with van der Waals surface area (Å²) in [7, 11) is 2.11. The van der Waals surface area contributed by atoms with E-state index in [1.165, 1.54) is 25.7 Å². The van der Waals surface area contributed by atoms with E-state index in [0.29, 0.717) is 5.92 Å². The lowest BCUT2D eigenvalue weighted by Crippen LogP contribution is -2.33. The quantitative estimate of drug-likeness (QED) is 0.656. The molecule has 0 N–H and O–H groups in total. The Hall–Kier alpha value is 0.240. The summed E-state index contributed by atoms with van der Waals surface area (Å²) in [5, 5.41) is -0.261. The van der Waals surface area contributed by atoms with Crippen molar-refractivity contribution in [3.05, 3.63) is 0 Å².